The second kappa shape index (κ2) is 12.1. The predicted molar refractivity (Wildman–Crippen MR) is 122 cm³/mol. The van der Waals surface area contributed by atoms with E-state index in [0.29, 0.717) is 19.0 Å². The van der Waals surface area contributed by atoms with E-state index in [-0.39, 0.29) is 10.8 Å². The molecule has 0 fully saturated rings. The van der Waals surface area contributed by atoms with Crippen molar-refractivity contribution in [2.24, 2.45) is 5.92 Å². The molecule has 2 aromatic carbocycles. The quantitative estimate of drug-likeness (QED) is 0.314. The lowest BCUT2D eigenvalue weighted by Gasteiger charge is -2.24. The van der Waals surface area contributed by atoms with Gasteiger partial charge in [0.05, 0.1) is 4.90 Å². The lowest BCUT2D eigenvalue weighted by molar-refractivity contribution is -0.133. The number of fused-ring (bicyclic) bond motifs is 1. The third-order valence-electron chi connectivity index (χ3n) is 5.07. The van der Waals surface area contributed by atoms with Gasteiger partial charge in [0, 0.05) is 13.1 Å². The van der Waals surface area contributed by atoms with Crippen molar-refractivity contribution in [3.8, 4) is 0 Å². The first kappa shape index (κ1) is 24.4. The fourth-order valence-corrected chi connectivity index (χ4v) is 4.35. The van der Waals surface area contributed by atoms with Crippen LogP contribution >= 0.6 is 0 Å². The fraction of sp³-hybridized carbons (Fsp3) is 0.542. The molecule has 0 saturated carbocycles. The topological polar surface area (TPSA) is 63.7 Å². The first-order valence-electron chi connectivity index (χ1n) is 11.0. The zero-order valence-electron chi connectivity index (χ0n) is 18.5. The van der Waals surface area contributed by atoms with Crippen LogP contribution in [0.5, 0.6) is 0 Å². The van der Waals surface area contributed by atoms with Gasteiger partial charge in [-0.3, -0.25) is 8.98 Å². The Balaban J connectivity index is 1.94. The molecule has 0 aromatic heterocycles. The molecule has 0 N–H and O–H groups in total. The van der Waals surface area contributed by atoms with Gasteiger partial charge in [-0.25, -0.2) is 0 Å². The number of benzene rings is 2. The summed E-state index contributed by atoms with van der Waals surface area (Å²) in [4.78, 5) is 14.5. The summed E-state index contributed by atoms with van der Waals surface area (Å²) in [6.07, 6.45) is 6.86. The summed E-state index contributed by atoms with van der Waals surface area (Å²) in [5.74, 6) is 0.0350. The van der Waals surface area contributed by atoms with Gasteiger partial charge < -0.3 is 4.90 Å². The van der Waals surface area contributed by atoms with Crippen molar-refractivity contribution in [2.75, 3.05) is 19.7 Å². The fourth-order valence-electron chi connectivity index (χ4n) is 3.45. The second-order valence-electron chi connectivity index (χ2n) is 8.23. The molecular formula is C24H35NO4S. The van der Waals surface area contributed by atoms with Gasteiger partial charge in [0.1, 0.15) is 6.61 Å². The van der Waals surface area contributed by atoms with Gasteiger partial charge in [-0.1, -0.05) is 83.2 Å². The molecule has 166 valence electrons. The number of amides is 1. The summed E-state index contributed by atoms with van der Waals surface area (Å²) in [5.41, 5.74) is 0. The van der Waals surface area contributed by atoms with Crippen LogP contribution < -0.4 is 0 Å². The van der Waals surface area contributed by atoms with E-state index in [4.69, 9.17) is 4.18 Å². The summed E-state index contributed by atoms with van der Waals surface area (Å²) in [7, 11) is -3.99. The zero-order valence-corrected chi connectivity index (χ0v) is 19.3. The molecule has 0 unspecified atom stereocenters. The van der Waals surface area contributed by atoms with Gasteiger partial charge in [-0.05, 0) is 35.2 Å². The molecular weight excluding hydrogens is 398 g/mol. The Kier molecular flexibility index (Phi) is 9.79. The first-order valence-corrected chi connectivity index (χ1v) is 12.4. The number of unbranched alkanes of at least 4 members (excludes halogenated alkanes) is 5. The molecule has 30 heavy (non-hydrogen) atoms. The third-order valence-corrected chi connectivity index (χ3v) is 6.33. The smallest absolute Gasteiger partial charge is 0.297 e. The van der Waals surface area contributed by atoms with Crippen molar-refractivity contribution in [1.82, 2.24) is 4.90 Å². The highest BCUT2D eigenvalue weighted by molar-refractivity contribution is 7.86. The number of nitrogens with zero attached hydrogens (tertiary/aromatic N) is 1. The van der Waals surface area contributed by atoms with E-state index in [9.17, 15) is 13.2 Å². The molecule has 0 atom stereocenters. The van der Waals surface area contributed by atoms with Crippen molar-refractivity contribution in [1.29, 1.82) is 0 Å². The van der Waals surface area contributed by atoms with E-state index < -0.39 is 16.7 Å². The summed E-state index contributed by atoms with van der Waals surface area (Å²) in [5, 5.41) is 1.77. The van der Waals surface area contributed by atoms with E-state index in [1.165, 1.54) is 31.7 Å². The Labute approximate surface area is 181 Å². The largest absolute Gasteiger partial charge is 0.340 e. The SMILES string of the molecule is CCCCCCCCN(CC(C)C)C(=O)COS(=O)(=O)c1ccc2ccccc2c1. The minimum absolute atomic E-state index is 0.0698. The molecule has 2 aromatic rings. The van der Waals surface area contributed by atoms with Crippen LogP contribution in [0.25, 0.3) is 10.8 Å². The van der Waals surface area contributed by atoms with E-state index in [1.54, 1.807) is 17.0 Å². The Morgan fingerprint density at radius 1 is 0.967 bits per heavy atom. The van der Waals surface area contributed by atoms with Crippen LogP contribution in [0.1, 0.15) is 59.3 Å². The predicted octanol–water partition coefficient (Wildman–Crippen LogP) is 5.39. The van der Waals surface area contributed by atoms with Crippen molar-refractivity contribution in [2.45, 2.75) is 64.2 Å². The Morgan fingerprint density at radius 2 is 1.63 bits per heavy atom. The van der Waals surface area contributed by atoms with Crippen molar-refractivity contribution in [3.63, 3.8) is 0 Å². The maximum atomic E-state index is 12.7. The minimum Gasteiger partial charge on any atom is -0.340 e. The van der Waals surface area contributed by atoms with Crippen LogP contribution in [-0.4, -0.2) is 38.9 Å². The molecule has 6 heteroatoms. The van der Waals surface area contributed by atoms with E-state index >= 15 is 0 Å². The number of carbonyl (C=O) groups is 1. The normalized spacial score (nSPS) is 11.9. The number of carbonyl (C=O) groups excluding carboxylic acids is 1. The lowest BCUT2D eigenvalue weighted by atomic mass is 10.1. The van der Waals surface area contributed by atoms with Gasteiger partial charge >= 0.3 is 0 Å². The van der Waals surface area contributed by atoms with Gasteiger partial charge in [0.2, 0.25) is 5.91 Å². The highest BCUT2D eigenvalue weighted by atomic mass is 32.2. The average molecular weight is 434 g/mol. The summed E-state index contributed by atoms with van der Waals surface area (Å²) in [6, 6.07) is 12.4. The van der Waals surface area contributed by atoms with Gasteiger partial charge in [0.15, 0.2) is 0 Å². The van der Waals surface area contributed by atoms with Crippen LogP contribution in [0, 0.1) is 5.92 Å². The second-order valence-corrected chi connectivity index (χ2v) is 9.84. The molecule has 0 heterocycles. The van der Waals surface area contributed by atoms with Gasteiger partial charge in [-0.2, -0.15) is 8.42 Å². The average Bonchev–Trinajstić information content (AvgIpc) is 2.73. The molecule has 0 bridgehead atoms. The molecule has 5 nitrogen and oxygen atoms in total. The Morgan fingerprint density at radius 3 is 2.33 bits per heavy atom. The molecule has 0 aliphatic heterocycles. The molecule has 0 aliphatic carbocycles. The Bertz CT molecular complexity index is 908. The van der Waals surface area contributed by atoms with Crippen LogP contribution in [0.15, 0.2) is 47.4 Å². The minimum atomic E-state index is -3.99. The maximum absolute atomic E-state index is 12.7. The first-order chi connectivity index (χ1) is 14.3. The van der Waals surface area contributed by atoms with Gasteiger partial charge in [-0.15, -0.1) is 0 Å². The molecule has 0 aliphatic rings. The van der Waals surface area contributed by atoms with Crippen LogP contribution in [0.4, 0.5) is 0 Å². The molecule has 0 radical (unpaired) electrons. The third kappa shape index (κ3) is 7.73. The highest BCUT2D eigenvalue weighted by Gasteiger charge is 2.21. The zero-order chi connectivity index (χ0) is 22.0. The van der Waals surface area contributed by atoms with Crippen molar-refractivity contribution < 1.29 is 17.4 Å². The van der Waals surface area contributed by atoms with E-state index in [1.807, 2.05) is 38.1 Å². The molecule has 0 saturated heterocycles. The van der Waals surface area contributed by atoms with E-state index in [0.717, 1.165) is 23.6 Å². The molecule has 0 spiro atoms. The van der Waals surface area contributed by atoms with Crippen LogP contribution in [-0.2, 0) is 19.1 Å². The van der Waals surface area contributed by atoms with Crippen LogP contribution in [0.3, 0.4) is 0 Å². The summed E-state index contributed by atoms with van der Waals surface area (Å²) in [6.45, 7) is 7.07. The number of hydrogen-bond donors (Lipinski definition) is 0. The number of hydrogen-bond acceptors (Lipinski definition) is 4. The highest BCUT2D eigenvalue weighted by Crippen LogP contribution is 2.20. The number of rotatable bonds is 13. The maximum Gasteiger partial charge on any atom is 0.297 e. The monoisotopic (exact) mass is 433 g/mol. The Hall–Kier alpha value is -1.92. The van der Waals surface area contributed by atoms with E-state index in [2.05, 4.69) is 6.92 Å². The summed E-state index contributed by atoms with van der Waals surface area (Å²) < 4.78 is 30.3. The lowest BCUT2D eigenvalue weighted by Crippen LogP contribution is -2.38. The molecule has 2 rings (SSSR count). The standard InChI is InChI=1S/C24H35NO4S/c1-4-5-6-7-8-11-16-25(18-20(2)3)24(26)19-29-30(27,28)23-15-14-21-12-9-10-13-22(21)17-23/h9-10,12-15,17,20H,4-8,11,16,18-19H2,1-3H3. The molecule has 1 amide bonds. The van der Waals surface area contributed by atoms with Crippen molar-refractivity contribution >= 4 is 26.8 Å². The van der Waals surface area contributed by atoms with Gasteiger partial charge in [0.25, 0.3) is 10.1 Å². The summed E-state index contributed by atoms with van der Waals surface area (Å²) >= 11 is 0. The van der Waals surface area contributed by atoms with Crippen molar-refractivity contribution in [3.05, 3.63) is 42.5 Å². The van der Waals surface area contributed by atoms with Crippen LogP contribution in [0.2, 0.25) is 0 Å².